The molecule has 0 atom stereocenters. The van der Waals surface area contributed by atoms with Gasteiger partial charge in [0.25, 0.3) is 0 Å². The summed E-state index contributed by atoms with van der Waals surface area (Å²) in [6, 6.07) is 7.75. The third-order valence-electron chi connectivity index (χ3n) is 6.30. The van der Waals surface area contributed by atoms with E-state index in [0.717, 1.165) is 47.6 Å². The highest BCUT2D eigenvalue weighted by molar-refractivity contribution is 7.98. The van der Waals surface area contributed by atoms with Crippen LogP contribution >= 0.6 is 11.8 Å². The zero-order chi connectivity index (χ0) is 17.4. The van der Waals surface area contributed by atoms with E-state index in [2.05, 4.69) is 10.6 Å². The van der Waals surface area contributed by atoms with Gasteiger partial charge in [0.1, 0.15) is 0 Å². The Balaban J connectivity index is 1.31. The quantitative estimate of drug-likeness (QED) is 0.790. The molecule has 5 heteroatoms. The predicted octanol–water partition coefficient (Wildman–Crippen LogP) is 3.68. The molecule has 4 bridgehead atoms. The Morgan fingerprint density at radius 3 is 2.12 bits per heavy atom. The van der Waals surface area contributed by atoms with E-state index < -0.39 is 0 Å². The molecule has 0 saturated heterocycles. The van der Waals surface area contributed by atoms with Crippen LogP contribution in [0.3, 0.4) is 0 Å². The molecule has 1 aromatic carbocycles. The molecule has 4 saturated carbocycles. The highest BCUT2D eigenvalue weighted by atomic mass is 32.2. The Morgan fingerprint density at radius 1 is 1.04 bits per heavy atom. The number of hydrogen-bond acceptors (Lipinski definition) is 3. The van der Waals surface area contributed by atoms with Crippen molar-refractivity contribution in [1.82, 2.24) is 5.32 Å². The maximum absolute atomic E-state index is 12.8. The fourth-order valence-corrected chi connectivity index (χ4v) is 6.02. The van der Waals surface area contributed by atoms with Gasteiger partial charge in [-0.1, -0.05) is 0 Å². The van der Waals surface area contributed by atoms with E-state index in [1.807, 2.05) is 30.5 Å². The van der Waals surface area contributed by atoms with Gasteiger partial charge in [-0.05, 0) is 86.8 Å². The minimum Gasteiger partial charge on any atom is -0.347 e. The minimum absolute atomic E-state index is 0.0604. The highest BCUT2D eigenvalue weighted by Crippen LogP contribution is 2.60. The van der Waals surface area contributed by atoms with Crippen molar-refractivity contribution in [2.75, 3.05) is 18.1 Å². The summed E-state index contributed by atoms with van der Waals surface area (Å²) < 4.78 is 0. The van der Waals surface area contributed by atoms with Crippen LogP contribution in [0, 0.1) is 23.2 Å². The van der Waals surface area contributed by atoms with E-state index in [0.29, 0.717) is 0 Å². The van der Waals surface area contributed by atoms with Gasteiger partial charge < -0.3 is 10.6 Å². The van der Waals surface area contributed by atoms with Gasteiger partial charge in [-0.2, -0.15) is 0 Å². The lowest BCUT2D eigenvalue weighted by atomic mass is 9.49. The summed E-state index contributed by atoms with van der Waals surface area (Å²) in [4.78, 5) is 26.2. The molecule has 0 heterocycles. The second kappa shape index (κ2) is 6.67. The van der Waals surface area contributed by atoms with E-state index >= 15 is 0 Å². The smallest absolute Gasteiger partial charge is 0.243 e. The van der Waals surface area contributed by atoms with Crippen LogP contribution in [0.15, 0.2) is 29.2 Å². The average Bonchev–Trinajstić information content (AvgIpc) is 2.59. The topological polar surface area (TPSA) is 58.2 Å². The van der Waals surface area contributed by atoms with Crippen molar-refractivity contribution in [1.29, 1.82) is 0 Å². The van der Waals surface area contributed by atoms with Gasteiger partial charge in [0, 0.05) is 16.0 Å². The molecule has 2 amide bonds. The molecule has 2 N–H and O–H groups in total. The number of carbonyl (C=O) groups excluding carboxylic acids is 2. The molecule has 1 aromatic rings. The fourth-order valence-electron chi connectivity index (χ4n) is 5.62. The summed E-state index contributed by atoms with van der Waals surface area (Å²) in [6.07, 6.45) is 9.07. The molecule has 5 rings (SSSR count). The summed E-state index contributed by atoms with van der Waals surface area (Å²) in [5, 5.41) is 5.79. The summed E-state index contributed by atoms with van der Waals surface area (Å²) >= 11 is 1.67. The van der Waals surface area contributed by atoms with Crippen LogP contribution in [-0.2, 0) is 9.59 Å². The molecule has 4 nitrogen and oxygen atoms in total. The summed E-state index contributed by atoms with van der Waals surface area (Å²) in [7, 11) is 0. The molecule has 134 valence electrons. The van der Waals surface area contributed by atoms with Gasteiger partial charge in [0.2, 0.25) is 11.8 Å². The molecule has 0 spiro atoms. The Kier molecular flexibility index (Phi) is 4.52. The number of carbonyl (C=O) groups is 2. The van der Waals surface area contributed by atoms with Crippen molar-refractivity contribution in [3.63, 3.8) is 0 Å². The van der Waals surface area contributed by atoms with Gasteiger partial charge in [0.15, 0.2) is 0 Å². The van der Waals surface area contributed by atoms with Crippen LogP contribution in [0.2, 0.25) is 0 Å². The molecular weight excluding hydrogens is 332 g/mol. The third kappa shape index (κ3) is 3.43. The van der Waals surface area contributed by atoms with E-state index in [4.69, 9.17) is 0 Å². The molecular formula is C20H26N2O2S. The zero-order valence-corrected chi connectivity index (χ0v) is 15.5. The van der Waals surface area contributed by atoms with Gasteiger partial charge in [-0.3, -0.25) is 9.59 Å². The van der Waals surface area contributed by atoms with E-state index in [-0.39, 0.29) is 23.8 Å². The second-order valence-electron chi connectivity index (χ2n) is 8.16. The molecule has 4 aliphatic carbocycles. The molecule has 0 radical (unpaired) electrons. The third-order valence-corrected chi connectivity index (χ3v) is 7.05. The SMILES string of the molecule is CSc1ccc(NC(=O)CNC(=O)C23CC4CC(CC(C4)C2)C3)cc1. The Morgan fingerprint density at radius 2 is 1.60 bits per heavy atom. The van der Waals surface area contributed by atoms with Crippen LogP contribution in [-0.4, -0.2) is 24.6 Å². The Hall–Kier alpha value is -1.49. The second-order valence-corrected chi connectivity index (χ2v) is 9.04. The number of thioether (sulfide) groups is 1. The Labute approximate surface area is 153 Å². The first-order valence-electron chi connectivity index (χ1n) is 9.28. The lowest BCUT2D eigenvalue weighted by Crippen LogP contribution is -2.54. The van der Waals surface area contributed by atoms with E-state index in [1.54, 1.807) is 11.8 Å². The number of rotatable bonds is 5. The van der Waals surface area contributed by atoms with Crippen molar-refractivity contribution >= 4 is 29.3 Å². The van der Waals surface area contributed by atoms with Crippen molar-refractivity contribution in [2.45, 2.75) is 43.4 Å². The standard InChI is InChI=1S/C20H26N2O2S/c1-25-17-4-2-16(3-5-17)22-18(23)12-21-19(24)20-9-13-6-14(10-20)8-15(7-13)11-20/h2-5,13-15H,6-12H2,1H3,(H,21,24)(H,22,23). The maximum Gasteiger partial charge on any atom is 0.243 e. The maximum atomic E-state index is 12.8. The normalized spacial score (nSPS) is 32.4. The number of hydrogen-bond donors (Lipinski definition) is 2. The predicted molar refractivity (Wildman–Crippen MR) is 100 cm³/mol. The van der Waals surface area contributed by atoms with Crippen LogP contribution < -0.4 is 10.6 Å². The first-order valence-corrected chi connectivity index (χ1v) is 10.5. The largest absolute Gasteiger partial charge is 0.347 e. The van der Waals surface area contributed by atoms with Gasteiger partial charge in [-0.15, -0.1) is 11.8 Å². The number of benzene rings is 1. The minimum atomic E-state index is -0.185. The fraction of sp³-hybridized carbons (Fsp3) is 0.600. The lowest BCUT2D eigenvalue weighted by molar-refractivity contribution is -0.146. The van der Waals surface area contributed by atoms with Crippen LogP contribution in [0.25, 0.3) is 0 Å². The highest BCUT2D eigenvalue weighted by Gasteiger charge is 2.54. The molecule has 4 aliphatic rings. The number of amides is 2. The van der Waals surface area contributed by atoms with Gasteiger partial charge in [0.05, 0.1) is 6.54 Å². The average molecular weight is 359 g/mol. The molecule has 0 aromatic heterocycles. The van der Waals surface area contributed by atoms with Crippen LogP contribution in [0.4, 0.5) is 5.69 Å². The van der Waals surface area contributed by atoms with Crippen molar-refractivity contribution in [2.24, 2.45) is 23.2 Å². The molecule has 4 fully saturated rings. The Bertz CT molecular complexity index is 635. The first kappa shape index (κ1) is 17.0. The summed E-state index contributed by atoms with van der Waals surface area (Å²) in [6.45, 7) is 0.0604. The van der Waals surface area contributed by atoms with Crippen LogP contribution in [0.1, 0.15) is 38.5 Å². The molecule has 0 aliphatic heterocycles. The summed E-state index contributed by atoms with van der Waals surface area (Å²) in [5.41, 5.74) is 0.585. The van der Waals surface area contributed by atoms with E-state index in [9.17, 15) is 9.59 Å². The van der Waals surface area contributed by atoms with Gasteiger partial charge >= 0.3 is 0 Å². The van der Waals surface area contributed by atoms with Gasteiger partial charge in [-0.25, -0.2) is 0 Å². The molecule has 25 heavy (non-hydrogen) atoms. The number of anilines is 1. The van der Waals surface area contributed by atoms with Crippen molar-refractivity contribution in [3.05, 3.63) is 24.3 Å². The van der Waals surface area contributed by atoms with Crippen molar-refractivity contribution < 1.29 is 9.59 Å². The lowest BCUT2D eigenvalue weighted by Gasteiger charge is -2.55. The summed E-state index contributed by atoms with van der Waals surface area (Å²) in [5.74, 6) is 2.16. The molecule has 0 unspecified atom stereocenters. The monoisotopic (exact) mass is 358 g/mol. The van der Waals surface area contributed by atoms with Crippen LogP contribution in [0.5, 0.6) is 0 Å². The zero-order valence-electron chi connectivity index (χ0n) is 14.7. The van der Waals surface area contributed by atoms with Crippen molar-refractivity contribution in [3.8, 4) is 0 Å². The number of nitrogens with one attached hydrogen (secondary N) is 2. The first-order chi connectivity index (χ1) is 12.1. The van der Waals surface area contributed by atoms with E-state index in [1.165, 1.54) is 19.3 Å².